The zero-order valence-corrected chi connectivity index (χ0v) is 13.2. The average Bonchev–Trinajstić information content (AvgIpc) is 2.44. The van der Waals surface area contributed by atoms with Crippen LogP contribution in [0.1, 0.15) is 19.4 Å². The Balaban J connectivity index is 3.40. The lowest BCUT2D eigenvalue weighted by atomic mass is 10.1. The molecule has 0 amide bonds. The zero-order valence-electron chi connectivity index (χ0n) is 13.2. The van der Waals surface area contributed by atoms with E-state index < -0.39 is 10.9 Å². The van der Waals surface area contributed by atoms with Crippen LogP contribution in [0.2, 0.25) is 0 Å². The molecule has 0 aromatic heterocycles. The fourth-order valence-electron chi connectivity index (χ4n) is 1.99. The molecule has 0 atom stereocenters. The number of nitro groups is 1. The van der Waals surface area contributed by atoms with Gasteiger partial charge in [0, 0.05) is 11.6 Å². The van der Waals surface area contributed by atoms with E-state index in [9.17, 15) is 14.9 Å². The van der Waals surface area contributed by atoms with E-state index in [0.717, 1.165) is 0 Å². The van der Waals surface area contributed by atoms with Gasteiger partial charge in [0.2, 0.25) is 11.5 Å². The van der Waals surface area contributed by atoms with Crippen LogP contribution in [0.3, 0.4) is 0 Å². The normalized spacial score (nSPS) is 10.3. The minimum absolute atomic E-state index is 0.0616. The fourth-order valence-corrected chi connectivity index (χ4v) is 1.99. The number of hydrogen-bond donors (Lipinski definition) is 0. The second kappa shape index (κ2) is 7.48. The van der Waals surface area contributed by atoms with Crippen LogP contribution in [0, 0.1) is 10.1 Å². The highest BCUT2D eigenvalue weighted by atomic mass is 16.6. The number of carbonyl (C=O) groups is 1. The number of hydrogen-bond acceptors (Lipinski definition) is 7. The first-order valence-electron chi connectivity index (χ1n) is 6.51. The first kappa shape index (κ1) is 17.5. The van der Waals surface area contributed by atoms with E-state index in [1.54, 1.807) is 13.8 Å². The van der Waals surface area contributed by atoms with Crippen LogP contribution in [0.4, 0.5) is 5.69 Å². The molecule has 1 rings (SSSR count). The van der Waals surface area contributed by atoms with Crippen molar-refractivity contribution in [2.24, 2.45) is 0 Å². The molecule has 122 valence electrons. The summed E-state index contributed by atoms with van der Waals surface area (Å²) in [6.07, 6.45) is -0.462. The second-order valence-electron chi connectivity index (χ2n) is 4.63. The summed E-state index contributed by atoms with van der Waals surface area (Å²) in [4.78, 5) is 22.4. The molecule has 0 aliphatic carbocycles. The van der Waals surface area contributed by atoms with Gasteiger partial charge in [0.25, 0.3) is 0 Å². The van der Waals surface area contributed by atoms with Gasteiger partial charge in [0.05, 0.1) is 38.8 Å². The monoisotopic (exact) mass is 313 g/mol. The third kappa shape index (κ3) is 3.78. The van der Waals surface area contributed by atoms with Gasteiger partial charge in [-0.2, -0.15) is 0 Å². The van der Waals surface area contributed by atoms with E-state index in [1.165, 1.54) is 27.4 Å². The minimum atomic E-state index is -0.613. The summed E-state index contributed by atoms with van der Waals surface area (Å²) in [5.41, 5.74) is -0.0232. The van der Waals surface area contributed by atoms with Gasteiger partial charge >= 0.3 is 11.7 Å². The summed E-state index contributed by atoms with van der Waals surface area (Å²) in [6.45, 7) is 3.43. The Labute approximate surface area is 128 Å². The van der Waals surface area contributed by atoms with Crippen LogP contribution < -0.4 is 14.2 Å². The number of benzene rings is 1. The topological polar surface area (TPSA) is 97.1 Å². The highest BCUT2D eigenvalue weighted by molar-refractivity contribution is 5.77. The first-order valence-corrected chi connectivity index (χ1v) is 6.51. The molecule has 0 saturated heterocycles. The maximum Gasteiger partial charge on any atom is 0.315 e. The Morgan fingerprint density at radius 3 is 2.09 bits per heavy atom. The van der Waals surface area contributed by atoms with E-state index in [0.29, 0.717) is 0 Å². The van der Waals surface area contributed by atoms with Crippen molar-refractivity contribution in [1.29, 1.82) is 0 Å². The van der Waals surface area contributed by atoms with Crippen molar-refractivity contribution < 1.29 is 28.7 Å². The van der Waals surface area contributed by atoms with Gasteiger partial charge in [-0.05, 0) is 13.8 Å². The van der Waals surface area contributed by atoms with Crippen molar-refractivity contribution in [3.63, 3.8) is 0 Å². The van der Waals surface area contributed by atoms with Crippen molar-refractivity contribution in [2.75, 3.05) is 21.3 Å². The molecule has 22 heavy (non-hydrogen) atoms. The number of ether oxygens (including phenoxy) is 4. The molecule has 0 aliphatic heterocycles. The van der Waals surface area contributed by atoms with Crippen molar-refractivity contribution >= 4 is 11.7 Å². The van der Waals surface area contributed by atoms with Crippen molar-refractivity contribution in [3.8, 4) is 17.2 Å². The molecule has 0 bridgehead atoms. The van der Waals surface area contributed by atoms with E-state index >= 15 is 0 Å². The molecule has 0 saturated carbocycles. The Bertz CT molecular complexity index is 569. The molecule has 1 aromatic rings. The van der Waals surface area contributed by atoms with E-state index in [1.807, 2.05) is 0 Å². The highest BCUT2D eigenvalue weighted by Gasteiger charge is 2.28. The molecule has 0 unspecified atom stereocenters. The Morgan fingerprint density at radius 2 is 1.68 bits per heavy atom. The number of methoxy groups -OCH3 is 3. The summed E-state index contributed by atoms with van der Waals surface area (Å²) in [5, 5.41) is 11.2. The molecule has 0 aliphatic rings. The lowest BCUT2D eigenvalue weighted by molar-refractivity contribution is -0.385. The lowest BCUT2D eigenvalue weighted by Crippen LogP contribution is -2.14. The molecule has 1 aromatic carbocycles. The fraction of sp³-hybridized carbons (Fsp3) is 0.500. The molecule has 0 fully saturated rings. The van der Waals surface area contributed by atoms with E-state index in [-0.39, 0.29) is 41.0 Å². The zero-order chi connectivity index (χ0) is 16.9. The van der Waals surface area contributed by atoms with Gasteiger partial charge in [-0.25, -0.2) is 0 Å². The summed E-state index contributed by atoms with van der Waals surface area (Å²) in [6, 6.07) is 1.22. The van der Waals surface area contributed by atoms with Gasteiger partial charge in [0.15, 0.2) is 5.75 Å². The molecule has 0 N–H and O–H groups in total. The van der Waals surface area contributed by atoms with Crippen LogP contribution >= 0.6 is 0 Å². The van der Waals surface area contributed by atoms with Crippen LogP contribution in [0.25, 0.3) is 0 Å². The third-order valence-electron chi connectivity index (χ3n) is 2.76. The molecule has 0 heterocycles. The summed E-state index contributed by atoms with van der Waals surface area (Å²) < 4.78 is 20.4. The summed E-state index contributed by atoms with van der Waals surface area (Å²) in [5.74, 6) is -0.322. The Morgan fingerprint density at radius 1 is 1.14 bits per heavy atom. The quantitative estimate of drug-likeness (QED) is 0.432. The van der Waals surface area contributed by atoms with Crippen LogP contribution in [-0.4, -0.2) is 38.3 Å². The smallest absolute Gasteiger partial charge is 0.315 e. The molecule has 0 spiro atoms. The SMILES string of the molecule is COc1c(CC(=O)OC(C)C)cc([N+](=O)[O-])c(OC)c1OC. The number of rotatable bonds is 7. The van der Waals surface area contributed by atoms with Crippen molar-refractivity contribution in [1.82, 2.24) is 0 Å². The molecular formula is C14H19NO7. The Kier molecular flexibility index (Phi) is 5.97. The molecule has 0 radical (unpaired) electrons. The van der Waals surface area contributed by atoms with E-state index in [2.05, 4.69) is 0 Å². The highest BCUT2D eigenvalue weighted by Crippen LogP contribution is 2.46. The third-order valence-corrected chi connectivity index (χ3v) is 2.76. The first-order chi connectivity index (χ1) is 10.3. The van der Waals surface area contributed by atoms with Crippen molar-refractivity contribution in [3.05, 3.63) is 21.7 Å². The van der Waals surface area contributed by atoms with Crippen LogP contribution in [-0.2, 0) is 16.0 Å². The summed E-state index contributed by atoms with van der Waals surface area (Å²) in [7, 11) is 4.00. The second-order valence-corrected chi connectivity index (χ2v) is 4.63. The largest absolute Gasteiger partial charge is 0.492 e. The Hall–Kier alpha value is -2.51. The average molecular weight is 313 g/mol. The molecule has 8 nitrogen and oxygen atoms in total. The van der Waals surface area contributed by atoms with Crippen molar-refractivity contribution in [2.45, 2.75) is 26.4 Å². The maximum absolute atomic E-state index is 11.8. The molecule has 8 heteroatoms. The minimum Gasteiger partial charge on any atom is -0.492 e. The van der Waals surface area contributed by atoms with Crippen LogP contribution in [0.5, 0.6) is 17.2 Å². The summed E-state index contributed by atoms with van der Waals surface area (Å²) >= 11 is 0. The number of esters is 1. The van der Waals surface area contributed by atoms with E-state index in [4.69, 9.17) is 18.9 Å². The predicted molar refractivity (Wildman–Crippen MR) is 77.7 cm³/mol. The maximum atomic E-state index is 11.8. The standard InChI is InChI=1S/C14H19NO7/c1-8(2)22-11(16)7-9-6-10(15(17)18)13(20-4)14(21-5)12(9)19-3/h6,8H,7H2,1-5H3. The van der Waals surface area contributed by atoms with Gasteiger partial charge in [0.1, 0.15) is 0 Å². The number of nitro benzene ring substituents is 1. The van der Waals surface area contributed by atoms with Crippen LogP contribution in [0.15, 0.2) is 6.07 Å². The van der Waals surface area contributed by atoms with Gasteiger partial charge in [-0.1, -0.05) is 0 Å². The van der Waals surface area contributed by atoms with Gasteiger partial charge in [-0.15, -0.1) is 0 Å². The number of carbonyl (C=O) groups excluding carboxylic acids is 1. The van der Waals surface area contributed by atoms with Gasteiger partial charge in [-0.3, -0.25) is 14.9 Å². The lowest BCUT2D eigenvalue weighted by Gasteiger charge is -2.16. The number of nitrogens with zero attached hydrogens (tertiary/aromatic N) is 1. The predicted octanol–water partition coefficient (Wildman–Crippen LogP) is 2.11. The molecular weight excluding hydrogens is 294 g/mol. The van der Waals surface area contributed by atoms with Gasteiger partial charge < -0.3 is 18.9 Å².